The van der Waals surface area contributed by atoms with E-state index < -0.39 is 0 Å². The van der Waals surface area contributed by atoms with Gasteiger partial charge < -0.3 is 14.9 Å². The van der Waals surface area contributed by atoms with Crippen LogP contribution in [0.1, 0.15) is 23.2 Å². The third-order valence-corrected chi connectivity index (χ3v) is 3.69. The van der Waals surface area contributed by atoms with Crippen molar-refractivity contribution in [2.75, 3.05) is 26.7 Å². The second-order valence-electron chi connectivity index (χ2n) is 4.91. The zero-order valence-corrected chi connectivity index (χ0v) is 12.1. The Morgan fingerprint density at radius 1 is 1.35 bits per heavy atom. The van der Waals surface area contributed by atoms with Crippen molar-refractivity contribution in [1.82, 2.24) is 9.80 Å². The number of halogens is 1. The normalized spacial score (nSPS) is 14.4. The van der Waals surface area contributed by atoms with E-state index in [1.54, 1.807) is 11.9 Å². The molecule has 0 saturated carbocycles. The summed E-state index contributed by atoms with van der Waals surface area (Å²) in [5, 5.41) is 9.68. The molecule has 1 aliphatic heterocycles. The smallest absolute Gasteiger partial charge is 0.255 e. The first-order valence-corrected chi connectivity index (χ1v) is 6.88. The van der Waals surface area contributed by atoms with Gasteiger partial charge >= 0.3 is 0 Å². The Morgan fingerprint density at radius 2 is 2.00 bits per heavy atom. The molecule has 1 heterocycles. The van der Waals surface area contributed by atoms with Crippen LogP contribution in [-0.2, 0) is 4.79 Å². The van der Waals surface area contributed by atoms with Gasteiger partial charge in [-0.1, -0.05) is 11.6 Å². The third kappa shape index (κ3) is 3.22. The van der Waals surface area contributed by atoms with E-state index in [9.17, 15) is 14.7 Å². The number of amides is 2. The first kappa shape index (κ1) is 14.7. The third-order valence-electron chi connectivity index (χ3n) is 3.36. The van der Waals surface area contributed by atoms with Crippen molar-refractivity contribution < 1.29 is 14.7 Å². The number of phenolic OH excluding ortho intramolecular Hbond substituents is 1. The summed E-state index contributed by atoms with van der Waals surface area (Å²) in [4.78, 5) is 27.3. The number of likely N-dealkylation sites (tertiary alicyclic amines) is 1. The highest BCUT2D eigenvalue weighted by Crippen LogP contribution is 2.22. The number of carbonyl (C=O) groups excluding carboxylic acids is 2. The number of nitrogens with zero attached hydrogens (tertiary/aromatic N) is 2. The average Bonchev–Trinajstić information content (AvgIpc) is 2.94. The van der Waals surface area contributed by atoms with Gasteiger partial charge in [-0.05, 0) is 31.0 Å². The molecule has 1 fully saturated rings. The van der Waals surface area contributed by atoms with Crippen LogP contribution >= 0.6 is 11.6 Å². The zero-order valence-electron chi connectivity index (χ0n) is 11.3. The van der Waals surface area contributed by atoms with Gasteiger partial charge in [-0.15, -0.1) is 0 Å². The van der Waals surface area contributed by atoms with Crippen molar-refractivity contribution in [2.45, 2.75) is 12.8 Å². The lowest BCUT2D eigenvalue weighted by Gasteiger charge is -2.21. The molecular weight excluding hydrogens is 280 g/mol. The molecule has 0 atom stereocenters. The van der Waals surface area contributed by atoms with E-state index in [1.807, 2.05) is 0 Å². The second kappa shape index (κ2) is 6.13. The summed E-state index contributed by atoms with van der Waals surface area (Å²) in [5.74, 6) is -0.468. The molecule has 2 amide bonds. The fourth-order valence-corrected chi connectivity index (χ4v) is 2.42. The van der Waals surface area contributed by atoms with E-state index in [-0.39, 0.29) is 34.7 Å². The zero-order chi connectivity index (χ0) is 14.7. The molecule has 5 nitrogen and oxygen atoms in total. The van der Waals surface area contributed by atoms with Crippen LogP contribution in [0.5, 0.6) is 5.75 Å². The molecule has 20 heavy (non-hydrogen) atoms. The van der Waals surface area contributed by atoms with Crippen LogP contribution in [0.15, 0.2) is 18.2 Å². The van der Waals surface area contributed by atoms with E-state index in [4.69, 9.17) is 11.6 Å². The number of benzene rings is 1. The molecule has 0 aliphatic carbocycles. The van der Waals surface area contributed by atoms with Crippen molar-refractivity contribution in [3.05, 3.63) is 28.8 Å². The maximum Gasteiger partial charge on any atom is 0.255 e. The molecule has 1 N–H and O–H groups in total. The summed E-state index contributed by atoms with van der Waals surface area (Å²) in [6.07, 6.45) is 2.03. The first-order chi connectivity index (χ1) is 9.49. The number of aromatic hydroxyl groups is 1. The number of phenols is 1. The fourth-order valence-electron chi connectivity index (χ4n) is 2.22. The minimum atomic E-state index is -0.376. The molecule has 1 aromatic carbocycles. The Bertz CT molecular complexity index is 527. The first-order valence-electron chi connectivity index (χ1n) is 6.51. The number of carbonyl (C=O) groups is 2. The number of likely N-dealkylation sites (N-methyl/N-ethyl adjacent to an activating group) is 1. The maximum atomic E-state index is 12.2. The van der Waals surface area contributed by atoms with Gasteiger partial charge in [0, 0.05) is 20.1 Å². The molecule has 0 spiro atoms. The fraction of sp³-hybridized carbons (Fsp3) is 0.429. The molecular formula is C14H17ClN2O3. The summed E-state index contributed by atoms with van der Waals surface area (Å²) >= 11 is 5.94. The maximum absolute atomic E-state index is 12.2. The predicted molar refractivity (Wildman–Crippen MR) is 75.9 cm³/mol. The van der Waals surface area contributed by atoms with Gasteiger partial charge in [0.25, 0.3) is 5.91 Å². The van der Waals surface area contributed by atoms with Crippen LogP contribution in [-0.4, -0.2) is 53.4 Å². The minimum absolute atomic E-state index is 0.0187. The Labute approximate surface area is 122 Å². The van der Waals surface area contributed by atoms with Gasteiger partial charge in [0.05, 0.1) is 17.1 Å². The molecule has 108 valence electrons. The van der Waals surface area contributed by atoms with Gasteiger partial charge in [0.2, 0.25) is 5.91 Å². The molecule has 1 saturated heterocycles. The molecule has 0 bridgehead atoms. The lowest BCUT2D eigenvalue weighted by atomic mass is 10.2. The van der Waals surface area contributed by atoms with Gasteiger partial charge in [-0.2, -0.15) is 0 Å². The number of rotatable bonds is 3. The van der Waals surface area contributed by atoms with Gasteiger partial charge in [0.15, 0.2) is 0 Å². The summed E-state index contributed by atoms with van der Waals surface area (Å²) in [6.45, 7) is 1.53. The van der Waals surface area contributed by atoms with E-state index in [1.165, 1.54) is 23.1 Å². The lowest BCUT2D eigenvalue weighted by Crippen LogP contribution is -2.39. The highest BCUT2D eigenvalue weighted by molar-refractivity contribution is 6.33. The lowest BCUT2D eigenvalue weighted by molar-refractivity contribution is -0.130. The van der Waals surface area contributed by atoms with E-state index >= 15 is 0 Å². The predicted octanol–water partition coefficient (Wildman–Crippen LogP) is 1.74. The van der Waals surface area contributed by atoms with Crippen LogP contribution < -0.4 is 0 Å². The van der Waals surface area contributed by atoms with Crippen LogP contribution in [0.25, 0.3) is 0 Å². The van der Waals surface area contributed by atoms with Crippen molar-refractivity contribution in [3.63, 3.8) is 0 Å². The molecule has 6 heteroatoms. The number of hydrogen-bond donors (Lipinski definition) is 1. The van der Waals surface area contributed by atoms with Gasteiger partial charge in [-0.3, -0.25) is 9.59 Å². The monoisotopic (exact) mass is 296 g/mol. The van der Waals surface area contributed by atoms with Gasteiger partial charge in [0.1, 0.15) is 5.75 Å². The SMILES string of the molecule is CN(CC(=O)N1CCCC1)C(=O)c1cc(O)ccc1Cl. The quantitative estimate of drug-likeness (QED) is 0.924. The van der Waals surface area contributed by atoms with Gasteiger partial charge in [-0.25, -0.2) is 0 Å². The molecule has 2 rings (SSSR count). The summed E-state index contributed by atoms with van der Waals surface area (Å²) < 4.78 is 0. The molecule has 1 aliphatic rings. The summed E-state index contributed by atoms with van der Waals surface area (Å²) in [7, 11) is 1.55. The van der Waals surface area contributed by atoms with Crippen molar-refractivity contribution in [2.24, 2.45) is 0 Å². The Hall–Kier alpha value is -1.75. The van der Waals surface area contributed by atoms with Crippen LogP contribution in [0.4, 0.5) is 0 Å². The Kier molecular flexibility index (Phi) is 4.49. The Balaban J connectivity index is 2.04. The van der Waals surface area contributed by atoms with Crippen molar-refractivity contribution in [3.8, 4) is 5.75 Å². The highest BCUT2D eigenvalue weighted by Gasteiger charge is 2.22. The minimum Gasteiger partial charge on any atom is -0.508 e. The molecule has 0 radical (unpaired) electrons. The number of hydrogen-bond acceptors (Lipinski definition) is 3. The largest absolute Gasteiger partial charge is 0.508 e. The van der Waals surface area contributed by atoms with Crippen molar-refractivity contribution >= 4 is 23.4 Å². The average molecular weight is 297 g/mol. The van der Waals surface area contributed by atoms with Crippen LogP contribution in [0.2, 0.25) is 5.02 Å². The molecule has 0 unspecified atom stereocenters. The van der Waals surface area contributed by atoms with E-state index in [2.05, 4.69) is 0 Å². The second-order valence-corrected chi connectivity index (χ2v) is 5.32. The molecule has 1 aromatic rings. The standard InChI is InChI=1S/C14H17ClN2O3/c1-16(9-13(19)17-6-2-3-7-17)14(20)11-8-10(18)4-5-12(11)15/h4-5,8,18H,2-3,6-7,9H2,1H3. The highest BCUT2D eigenvalue weighted by atomic mass is 35.5. The molecule has 0 aromatic heterocycles. The summed E-state index contributed by atoms with van der Waals surface area (Å²) in [5.41, 5.74) is 0.198. The Morgan fingerprint density at radius 3 is 2.65 bits per heavy atom. The van der Waals surface area contributed by atoms with Crippen LogP contribution in [0.3, 0.4) is 0 Å². The summed E-state index contributed by atoms with van der Waals surface area (Å²) in [6, 6.07) is 4.18. The van der Waals surface area contributed by atoms with E-state index in [0.29, 0.717) is 0 Å². The van der Waals surface area contributed by atoms with Crippen molar-refractivity contribution in [1.29, 1.82) is 0 Å². The topological polar surface area (TPSA) is 60.9 Å². The van der Waals surface area contributed by atoms with Crippen LogP contribution in [0, 0.1) is 0 Å². The van der Waals surface area contributed by atoms with E-state index in [0.717, 1.165) is 25.9 Å².